The van der Waals surface area contributed by atoms with Gasteiger partial charge in [0.2, 0.25) is 0 Å². The normalized spacial score (nSPS) is 11.3. The molecule has 0 atom stereocenters. The molecule has 1 aromatic carbocycles. The molecule has 3 nitrogen and oxygen atoms in total. The Morgan fingerprint density at radius 1 is 1.11 bits per heavy atom. The van der Waals surface area contributed by atoms with E-state index < -0.39 is 11.7 Å². The molecule has 0 aliphatic rings. The molecule has 1 heterocycles. The van der Waals surface area contributed by atoms with Crippen molar-refractivity contribution in [3.63, 3.8) is 0 Å². The van der Waals surface area contributed by atoms with E-state index in [0.29, 0.717) is 0 Å². The molecular formula is C13H11F3N2O. The zero-order valence-electron chi connectivity index (χ0n) is 9.82. The molecule has 0 saturated carbocycles. The number of anilines is 1. The van der Waals surface area contributed by atoms with Gasteiger partial charge >= 0.3 is 6.18 Å². The number of nitrogen functional groups attached to an aromatic ring is 1. The molecule has 0 saturated heterocycles. The van der Waals surface area contributed by atoms with E-state index in [1.807, 2.05) is 0 Å². The highest BCUT2D eigenvalue weighted by atomic mass is 19.4. The van der Waals surface area contributed by atoms with Gasteiger partial charge in [-0.1, -0.05) is 0 Å². The van der Waals surface area contributed by atoms with E-state index in [4.69, 9.17) is 10.5 Å². The van der Waals surface area contributed by atoms with Crippen LogP contribution in [0, 0.1) is 0 Å². The van der Waals surface area contributed by atoms with Gasteiger partial charge in [-0.2, -0.15) is 13.2 Å². The average molecular weight is 268 g/mol. The Labute approximate surface area is 107 Å². The lowest BCUT2D eigenvalue weighted by Gasteiger charge is -2.14. The molecular weight excluding hydrogens is 257 g/mol. The van der Waals surface area contributed by atoms with Crippen LogP contribution in [-0.4, -0.2) is 4.98 Å². The second-order valence-electron chi connectivity index (χ2n) is 3.90. The van der Waals surface area contributed by atoms with Crippen LogP contribution in [0.3, 0.4) is 0 Å². The molecule has 0 bridgehead atoms. The molecule has 2 N–H and O–H groups in total. The molecule has 0 fully saturated rings. The molecule has 2 aromatic rings. The predicted octanol–water partition coefficient (Wildman–Crippen LogP) is 3.26. The van der Waals surface area contributed by atoms with Gasteiger partial charge in [-0.3, -0.25) is 4.98 Å². The van der Waals surface area contributed by atoms with Gasteiger partial charge in [-0.15, -0.1) is 0 Å². The first-order chi connectivity index (χ1) is 8.97. The van der Waals surface area contributed by atoms with Crippen LogP contribution in [0.2, 0.25) is 0 Å². The summed E-state index contributed by atoms with van der Waals surface area (Å²) in [7, 11) is 0. The van der Waals surface area contributed by atoms with Crippen LogP contribution in [-0.2, 0) is 12.8 Å². The topological polar surface area (TPSA) is 48.1 Å². The van der Waals surface area contributed by atoms with Gasteiger partial charge in [0.15, 0.2) is 0 Å². The largest absolute Gasteiger partial charge is 0.488 e. The van der Waals surface area contributed by atoms with Crippen molar-refractivity contribution in [3.05, 3.63) is 53.9 Å². The summed E-state index contributed by atoms with van der Waals surface area (Å²) in [5.74, 6) is -0.237. The summed E-state index contributed by atoms with van der Waals surface area (Å²) in [6.07, 6.45) is -1.40. The fraction of sp³-hybridized carbons (Fsp3) is 0.154. The van der Waals surface area contributed by atoms with Gasteiger partial charge < -0.3 is 10.5 Å². The van der Waals surface area contributed by atoms with Crippen LogP contribution in [0.5, 0.6) is 5.75 Å². The summed E-state index contributed by atoms with van der Waals surface area (Å²) in [6.45, 7) is 0.0372. The van der Waals surface area contributed by atoms with Gasteiger partial charge in [-0.05, 0) is 35.9 Å². The average Bonchev–Trinajstić information content (AvgIpc) is 2.37. The monoisotopic (exact) mass is 268 g/mol. The maximum absolute atomic E-state index is 12.8. The number of alkyl halides is 3. The number of nitrogens with two attached hydrogens (primary N) is 1. The van der Waals surface area contributed by atoms with Crippen molar-refractivity contribution in [2.24, 2.45) is 0 Å². The smallest absolute Gasteiger partial charge is 0.420 e. The lowest BCUT2D eigenvalue weighted by molar-refractivity contribution is -0.139. The fourth-order valence-electron chi connectivity index (χ4n) is 1.54. The predicted molar refractivity (Wildman–Crippen MR) is 64.4 cm³/mol. The quantitative estimate of drug-likeness (QED) is 0.869. The minimum Gasteiger partial charge on any atom is -0.488 e. The first-order valence-electron chi connectivity index (χ1n) is 5.45. The minimum atomic E-state index is -4.50. The van der Waals surface area contributed by atoms with E-state index in [9.17, 15) is 13.2 Å². The summed E-state index contributed by atoms with van der Waals surface area (Å²) in [4.78, 5) is 3.82. The summed E-state index contributed by atoms with van der Waals surface area (Å²) < 4.78 is 43.6. The maximum Gasteiger partial charge on any atom is 0.420 e. The Kier molecular flexibility index (Phi) is 3.59. The second-order valence-corrected chi connectivity index (χ2v) is 3.90. The Balaban J connectivity index is 2.21. The fourth-order valence-corrected chi connectivity index (χ4v) is 1.54. The second kappa shape index (κ2) is 5.17. The molecule has 0 amide bonds. The van der Waals surface area contributed by atoms with Crippen LogP contribution in [0.1, 0.15) is 11.1 Å². The van der Waals surface area contributed by atoms with Crippen LogP contribution in [0.25, 0.3) is 0 Å². The lowest BCUT2D eigenvalue weighted by atomic mass is 10.1. The van der Waals surface area contributed by atoms with E-state index in [1.165, 1.54) is 12.1 Å². The number of hydrogen-bond acceptors (Lipinski definition) is 3. The van der Waals surface area contributed by atoms with E-state index in [-0.39, 0.29) is 18.0 Å². The number of nitrogens with zero attached hydrogens (tertiary/aromatic N) is 1. The SMILES string of the molecule is Nc1ccc(OCc2ccncc2)c(C(F)(F)F)c1. The van der Waals surface area contributed by atoms with Crippen LogP contribution >= 0.6 is 0 Å². The Hall–Kier alpha value is -2.24. The molecule has 0 radical (unpaired) electrons. The highest BCUT2D eigenvalue weighted by molar-refractivity contribution is 5.49. The Bertz CT molecular complexity index is 556. The highest BCUT2D eigenvalue weighted by Gasteiger charge is 2.34. The first-order valence-corrected chi connectivity index (χ1v) is 5.45. The highest BCUT2D eigenvalue weighted by Crippen LogP contribution is 2.37. The van der Waals surface area contributed by atoms with Gasteiger partial charge in [0, 0.05) is 18.1 Å². The Morgan fingerprint density at radius 3 is 2.42 bits per heavy atom. The minimum absolute atomic E-state index is 0.0372. The number of benzene rings is 1. The van der Waals surface area contributed by atoms with Crippen molar-refractivity contribution >= 4 is 5.69 Å². The third-order valence-electron chi connectivity index (χ3n) is 2.45. The third-order valence-corrected chi connectivity index (χ3v) is 2.45. The van der Waals surface area contributed by atoms with Gasteiger partial charge in [0.25, 0.3) is 0 Å². The van der Waals surface area contributed by atoms with E-state index in [0.717, 1.165) is 11.6 Å². The van der Waals surface area contributed by atoms with Crippen molar-refractivity contribution in [2.75, 3.05) is 5.73 Å². The summed E-state index contributed by atoms with van der Waals surface area (Å²) in [5, 5.41) is 0. The first kappa shape index (κ1) is 13.2. The maximum atomic E-state index is 12.8. The van der Waals surface area contributed by atoms with Crippen molar-refractivity contribution in [1.82, 2.24) is 4.98 Å². The molecule has 0 aliphatic heterocycles. The van der Waals surface area contributed by atoms with E-state index in [2.05, 4.69) is 4.98 Å². The van der Waals surface area contributed by atoms with Crippen molar-refractivity contribution in [2.45, 2.75) is 12.8 Å². The molecule has 1 aromatic heterocycles. The molecule has 2 rings (SSSR count). The standard InChI is InChI=1S/C13H11F3N2O/c14-13(15,16)11-7-10(17)1-2-12(11)19-8-9-3-5-18-6-4-9/h1-7H,8,17H2. The van der Waals surface area contributed by atoms with Crippen LogP contribution in [0.15, 0.2) is 42.7 Å². The lowest BCUT2D eigenvalue weighted by Crippen LogP contribution is -2.09. The molecule has 0 aliphatic carbocycles. The number of ether oxygens (including phenoxy) is 1. The van der Waals surface area contributed by atoms with Crippen molar-refractivity contribution in [3.8, 4) is 5.75 Å². The van der Waals surface area contributed by atoms with E-state index >= 15 is 0 Å². The third kappa shape index (κ3) is 3.37. The molecule has 100 valence electrons. The van der Waals surface area contributed by atoms with Crippen LogP contribution in [0.4, 0.5) is 18.9 Å². The summed E-state index contributed by atoms with van der Waals surface area (Å²) in [5.41, 5.74) is 5.28. The van der Waals surface area contributed by atoms with E-state index in [1.54, 1.807) is 24.5 Å². The zero-order valence-corrected chi connectivity index (χ0v) is 9.82. The number of aromatic nitrogens is 1. The van der Waals surface area contributed by atoms with Gasteiger partial charge in [0.1, 0.15) is 12.4 Å². The Morgan fingerprint density at radius 2 is 1.79 bits per heavy atom. The summed E-state index contributed by atoms with van der Waals surface area (Å²) in [6, 6.07) is 6.80. The number of pyridine rings is 1. The molecule has 0 spiro atoms. The number of halogens is 3. The van der Waals surface area contributed by atoms with Crippen molar-refractivity contribution < 1.29 is 17.9 Å². The molecule has 6 heteroatoms. The van der Waals surface area contributed by atoms with Crippen LogP contribution < -0.4 is 10.5 Å². The molecule has 19 heavy (non-hydrogen) atoms. The van der Waals surface area contributed by atoms with Gasteiger partial charge in [-0.25, -0.2) is 0 Å². The summed E-state index contributed by atoms with van der Waals surface area (Å²) >= 11 is 0. The van der Waals surface area contributed by atoms with Crippen molar-refractivity contribution in [1.29, 1.82) is 0 Å². The number of hydrogen-bond donors (Lipinski definition) is 1. The van der Waals surface area contributed by atoms with Gasteiger partial charge in [0.05, 0.1) is 5.56 Å². The molecule has 0 unspecified atom stereocenters. The number of rotatable bonds is 3. The zero-order chi connectivity index (χ0) is 13.9.